The van der Waals surface area contributed by atoms with Gasteiger partial charge in [0.25, 0.3) is 0 Å². The lowest BCUT2D eigenvalue weighted by Gasteiger charge is -2.14. The second-order valence-corrected chi connectivity index (χ2v) is 7.99. The zero-order chi connectivity index (χ0) is 23.8. The van der Waals surface area contributed by atoms with Crippen molar-refractivity contribution in [3.05, 3.63) is 70.5 Å². The number of rotatable bonds is 9. The van der Waals surface area contributed by atoms with Crippen LogP contribution in [0.5, 0.6) is 11.5 Å². The van der Waals surface area contributed by atoms with Crippen LogP contribution in [0.4, 0.5) is 14.3 Å². The second kappa shape index (κ2) is 11.3. The fourth-order valence-corrected chi connectivity index (χ4v) is 3.73. The number of carbonyl (C=O) groups is 2. The summed E-state index contributed by atoms with van der Waals surface area (Å²) in [5.41, 5.74) is 2.06. The monoisotopic (exact) mass is 472 g/mol. The van der Waals surface area contributed by atoms with Crippen molar-refractivity contribution in [2.45, 2.75) is 25.9 Å². The quantitative estimate of drug-likeness (QED) is 0.436. The molecule has 2 aromatic carbocycles. The first-order valence-electron chi connectivity index (χ1n) is 10.1. The summed E-state index contributed by atoms with van der Waals surface area (Å²) in [6, 6.07) is 10.9. The summed E-state index contributed by atoms with van der Waals surface area (Å²) in [5.74, 6) is 0.214. The molecule has 1 atom stereocenters. The first kappa shape index (κ1) is 24.0. The van der Waals surface area contributed by atoms with E-state index in [-0.39, 0.29) is 24.8 Å². The van der Waals surface area contributed by atoms with Gasteiger partial charge in [0.2, 0.25) is 5.91 Å². The number of thiazole rings is 1. The average molecular weight is 473 g/mol. The number of urea groups is 1. The molecule has 8 nitrogen and oxygen atoms in total. The topological polar surface area (TPSA) is 102 Å². The number of benzene rings is 2. The number of halogens is 1. The molecule has 0 fully saturated rings. The molecule has 174 valence electrons. The molecule has 0 bridgehead atoms. The van der Waals surface area contributed by atoms with E-state index in [1.54, 1.807) is 50.8 Å². The zero-order valence-electron chi connectivity index (χ0n) is 18.5. The molecule has 3 N–H and O–H groups in total. The van der Waals surface area contributed by atoms with E-state index in [4.69, 9.17) is 9.47 Å². The maximum atomic E-state index is 13.2. The summed E-state index contributed by atoms with van der Waals surface area (Å²) < 4.78 is 23.7. The van der Waals surface area contributed by atoms with Crippen LogP contribution in [-0.2, 0) is 17.9 Å². The SMILES string of the molecule is COc1ccc(C(C)C(=O)NCc2csc(NC(=O)NCc3cccc(F)c3)n2)cc1OC. The Labute approximate surface area is 195 Å². The Bertz CT molecular complexity index is 1120. The van der Waals surface area contributed by atoms with E-state index in [0.717, 1.165) is 5.56 Å². The molecule has 10 heteroatoms. The lowest BCUT2D eigenvalue weighted by molar-refractivity contribution is -0.122. The molecule has 3 amide bonds. The number of nitrogens with zero attached hydrogens (tertiary/aromatic N) is 1. The third kappa shape index (κ3) is 6.66. The maximum absolute atomic E-state index is 13.2. The highest BCUT2D eigenvalue weighted by Gasteiger charge is 2.18. The van der Waals surface area contributed by atoms with Gasteiger partial charge in [0.1, 0.15) is 5.82 Å². The van der Waals surface area contributed by atoms with Crippen LogP contribution in [0.3, 0.4) is 0 Å². The molecule has 0 radical (unpaired) electrons. The zero-order valence-corrected chi connectivity index (χ0v) is 19.3. The largest absolute Gasteiger partial charge is 0.493 e. The summed E-state index contributed by atoms with van der Waals surface area (Å²) >= 11 is 1.24. The van der Waals surface area contributed by atoms with Crippen molar-refractivity contribution in [2.75, 3.05) is 19.5 Å². The van der Waals surface area contributed by atoms with Crippen LogP contribution in [0.15, 0.2) is 47.8 Å². The van der Waals surface area contributed by atoms with E-state index >= 15 is 0 Å². The van der Waals surface area contributed by atoms with E-state index in [9.17, 15) is 14.0 Å². The van der Waals surface area contributed by atoms with Gasteiger partial charge in [-0.2, -0.15) is 0 Å². The summed E-state index contributed by atoms with van der Waals surface area (Å²) in [7, 11) is 3.10. The number of anilines is 1. The van der Waals surface area contributed by atoms with E-state index in [1.165, 1.54) is 23.5 Å². The van der Waals surface area contributed by atoms with Crippen LogP contribution in [-0.4, -0.2) is 31.1 Å². The molecular weight excluding hydrogens is 447 g/mol. The van der Waals surface area contributed by atoms with Gasteiger partial charge in [-0.1, -0.05) is 18.2 Å². The molecule has 0 saturated heterocycles. The average Bonchev–Trinajstić information content (AvgIpc) is 3.27. The van der Waals surface area contributed by atoms with E-state index in [0.29, 0.717) is 27.9 Å². The minimum absolute atomic E-state index is 0.169. The van der Waals surface area contributed by atoms with Crippen molar-refractivity contribution >= 4 is 28.4 Å². The predicted octanol–water partition coefficient (Wildman–Crippen LogP) is 4.04. The van der Waals surface area contributed by atoms with Crippen LogP contribution >= 0.6 is 11.3 Å². The van der Waals surface area contributed by atoms with Gasteiger partial charge in [-0.3, -0.25) is 10.1 Å². The Morgan fingerprint density at radius 3 is 2.58 bits per heavy atom. The number of amides is 3. The molecule has 0 spiro atoms. The minimum atomic E-state index is -0.453. The second-order valence-electron chi connectivity index (χ2n) is 7.14. The Kier molecular flexibility index (Phi) is 8.20. The van der Waals surface area contributed by atoms with Crippen LogP contribution in [0.25, 0.3) is 0 Å². The molecular formula is C23H25FN4O4S. The molecule has 3 rings (SSSR count). The fraction of sp³-hybridized carbons (Fsp3) is 0.261. The van der Waals surface area contributed by atoms with Gasteiger partial charge in [0.05, 0.1) is 32.4 Å². The van der Waals surface area contributed by atoms with Crippen LogP contribution in [0, 0.1) is 5.82 Å². The number of aromatic nitrogens is 1. The molecule has 0 aliphatic carbocycles. The predicted molar refractivity (Wildman–Crippen MR) is 124 cm³/mol. The highest BCUT2D eigenvalue weighted by atomic mass is 32.1. The number of methoxy groups -OCH3 is 2. The van der Waals surface area contributed by atoms with Crippen LogP contribution in [0.1, 0.15) is 29.7 Å². The molecule has 1 unspecified atom stereocenters. The van der Waals surface area contributed by atoms with Gasteiger partial charge in [0, 0.05) is 11.9 Å². The summed E-state index contributed by atoms with van der Waals surface area (Å²) in [4.78, 5) is 28.9. The Hall–Kier alpha value is -3.66. The van der Waals surface area contributed by atoms with Gasteiger partial charge in [-0.15, -0.1) is 11.3 Å². The van der Waals surface area contributed by atoms with Crippen molar-refractivity contribution in [2.24, 2.45) is 0 Å². The van der Waals surface area contributed by atoms with Crippen molar-refractivity contribution in [1.29, 1.82) is 0 Å². The summed E-state index contributed by atoms with van der Waals surface area (Å²) in [5, 5.41) is 10.3. The van der Waals surface area contributed by atoms with Crippen LogP contribution in [0.2, 0.25) is 0 Å². The molecule has 1 heterocycles. The van der Waals surface area contributed by atoms with Gasteiger partial charge < -0.3 is 20.1 Å². The Morgan fingerprint density at radius 1 is 1.06 bits per heavy atom. The first-order valence-corrected chi connectivity index (χ1v) is 11.0. The third-order valence-electron chi connectivity index (χ3n) is 4.86. The fourth-order valence-electron chi connectivity index (χ4n) is 3.02. The van der Waals surface area contributed by atoms with Crippen molar-refractivity contribution in [3.63, 3.8) is 0 Å². The highest BCUT2D eigenvalue weighted by Crippen LogP contribution is 2.30. The van der Waals surface area contributed by atoms with Crippen LogP contribution < -0.4 is 25.4 Å². The Balaban J connectivity index is 1.49. The molecule has 0 aliphatic rings. The normalized spacial score (nSPS) is 11.4. The minimum Gasteiger partial charge on any atom is -0.493 e. The van der Waals surface area contributed by atoms with Crippen molar-refractivity contribution in [3.8, 4) is 11.5 Å². The molecule has 3 aromatic rings. The van der Waals surface area contributed by atoms with Gasteiger partial charge in [0.15, 0.2) is 16.6 Å². The van der Waals surface area contributed by atoms with E-state index in [2.05, 4.69) is 20.9 Å². The Morgan fingerprint density at radius 2 is 1.85 bits per heavy atom. The molecule has 0 aliphatic heterocycles. The molecule has 1 aromatic heterocycles. The molecule has 0 saturated carbocycles. The number of hydrogen-bond donors (Lipinski definition) is 3. The number of carbonyl (C=O) groups excluding carboxylic acids is 2. The van der Waals surface area contributed by atoms with Gasteiger partial charge >= 0.3 is 6.03 Å². The first-order chi connectivity index (χ1) is 15.9. The summed E-state index contributed by atoms with van der Waals surface area (Å²) in [6.07, 6.45) is 0. The van der Waals surface area contributed by atoms with Gasteiger partial charge in [-0.05, 0) is 42.3 Å². The summed E-state index contributed by atoms with van der Waals surface area (Å²) in [6.45, 7) is 2.21. The smallest absolute Gasteiger partial charge is 0.321 e. The number of hydrogen-bond acceptors (Lipinski definition) is 6. The van der Waals surface area contributed by atoms with E-state index in [1.807, 2.05) is 6.07 Å². The number of ether oxygens (including phenoxy) is 2. The third-order valence-corrected chi connectivity index (χ3v) is 5.67. The lowest BCUT2D eigenvalue weighted by Crippen LogP contribution is -2.28. The standard InChI is InChI=1S/C23H25FN4O4S/c1-14(16-7-8-19(31-2)20(10-16)32-3)21(29)25-12-18-13-33-23(27-18)28-22(30)26-11-15-5-4-6-17(24)9-15/h4-10,13-14H,11-12H2,1-3H3,(H,25,29)(H2,26,27,28,30). The maximum Gasteiger partial charge on any atom is 0.321 e. The van der Waals surface area contributed by atoms with Gasteiger partial charge in [-0.25, -0.2) is 14.2 Å². The highest BCUT2D eigenvalue weighted by molar-refractivity contribution is 7.13. The van der Waals surface area contributed by atoms with Crippen molar-refractivity contribution < 1.29 is 23.5 Å². The van der Waals surface area contributed by atoms with Crippen molar-refractivity contribution in [1.82, 2.24) is 15.6 Å². The van der Waals surface area contributed by atoms with E-state index < -0.39 is 11.9 Å². The molecule has 33 heavy (non-hydrogen) atoms. The number of nitrogens with one attached hydrogen (secondary N) is 3. The lowest BCUT2D eigenvalue weighted by atomic mass is 10.00.